The number of methoxy groups -OCH3 is 1. The Labute approximate surface area is 104 Å². The third-order valence-electron chi connectivity index (χ3n) is 2.58. The van der Waals surface area contributed by atoms with E-state index in [1.165, 1.54) is 5.56 Å². The lowest BCUT2D eigenvalue weighted by molar-refractivity contribution is 0.199. The number of aryl methyl sites for hydroxylation is 1. The fourth-order valence-corrected chi connectivity index (χ4v) is 1.55. The fraction of sp³-hybridized carbons (Fsp3) is 0.571. The van der Waals surface area contributed by atoms with Gasteiger partial charge in [0, 0.05) is 13.7 Å². The molecule has 0 aliphatic carbocycles. The lowest BCUT2D eigenvalue weighted by Crippen LogP contribution is -2.20. The highest BCUT2D eigenvalue weighted by atomic mass is 16.5. The summed E-state index contributed by atoms with van der Waals surface area (Å²) in [6.07, 6.45) is 2.21. The molecule has 1 rings (SSSR count). The van der Waals surface area contributed by atoms with Crippen LogP contribution in [0, 0.1) is 6.92 Å². The molecule has 3 nitrogen and oxygen atoms in total. The number of rotatable bonds is 9. The zero-order chi connectivity index (χ0) is 12.3. The van der Waals surface area contributed by atoms with Crippen molar-refractivity contribution in [3.63, 3.8) is 0 Å². The van der Waals surface area contributed by atoms with E-state index in [0.29, 0.717) is 0 Å². The molecule has 0 saturated heterocycles. The first-order valence-electron chi connectivity index (χ1n) is 6.22. The van der Waals surface area contributed by atoms with Crippen LogP contribution in [0.25, 0.3) is 0 Å². The highest BCUT2D eigenvalue weighted by Crippen LogP contribution is 2.16. The quantitative estimate of drug-likeness (QED) is 0.669. The fourth-order valence-electron chi connectivity index (χ4n) is 1.55. The summed E-state index contributed by atoms with van der Waals surface area (Å²) >= 11 is 0. The second-order valence-electron chi connectivity index (χ2n) is 4.06. The summed E-state index contributed by atoms with van der Waals surface area (Å²) in [7, 11) is 1.72. The Bertz CT molecular complexity index is 302. The molecule has 1 aromatic rings. The molecular weight excluding hydrogens is 214 g/mol. The number of nitrogens with one attached hydrogen (secondary N) is 1. The van der Waals surface area contributed by atoms with Gasteiger partial charge in [-0.1, -0.05) is 18.2 Å². The van der Waals surface area contributed by atoms with E-state index in [0.717, 1.165) is 44.9 Å². The molecule has 0 unspecified atom stereocenters. The van der Waals surface area contributed by atoms with Gasteiger partial charge in [0.05, 0.1) is 13.2 Å². The van der Waals surface area contributed by atoms with Crippen molar-refractivity contribution in [3.8, 4) is 5.75 Å². The first-order valence-corrected chi connectivity index (χ1v) is 6.22. The maximum absolute atomic E-state index is 5.71. The number of ether oxygens (including phenoxy) is 2. The van der Waals surface area contributed by atoms with Crippen molar-refractivity contribution in [1.29, 1.82) is 0 Å². The van der Waals surface area contributed by atoms with Gasteiger partial charge >= 0.3 is 0 Å². The summed E-state index contributed by atoms with van der Waals surface area (Å²) in [4.78, 5) is 0. The van der Waals surface area contributed by atoms with Gasteiger partial charge in [-0.25, -0.2) is 0 Å². The van der Waals surface area contributed by atoms with Gasteiger partial charge in [0.2, 0.25) is 0 Å². The van der Waals surface area contributed by atoms with E-state index < -0.39 is 0 Å². The second-order valence-corrected chi connectivity index (χ2v) is 4.06. The predicted molar refractivity (Wildman–Crippen MR) is 70.7 cm³/mol. The molecule has 0 radical (unpaired) electrons. The maximum atomic E-state index is 5.71. The summed E-state index contributed by atoms with van der Waals surface area (Å²) < 4.78 is 10.7. The molecule has 0 atom stereocenters. The van der Waals surface area contributed by atoms with Gasteiger partial charge in [0.25, 0.3) is 0 Å². The Balaban J connectivity index is 1.99. The van der Waals surface area contributed by atoms with Crippen molar-refractivity contribution in [2.75, 3.05) is 33.4 Å². The van der Waals surface area contributed by atoms with Crippen molar-refractivity contribution in [1.82, 2.24) is 5.32 Å². The Morgan fingerprint density at radius 1 is 1.06 bits per heavy atom. The maximum Gasteiger partial charge on any atom is 0.122 e. The van der Waals surface area contributed by atoms with E-state index in [4.69, 9.17) is 9.47 Å². The third kappa shape index (κ3) is 6.29. The van der Waals surface area contributed by atoms with E-state index in [2.05, 4.69) is 18.3 Å². The SMILES string of the molecule is COCCNCCCCOc1ccccc1C. The minimum Gasteiger partial charge on any atom is -0.493 e. The third-order valence-corrected chi connectivity index (χ3v) is 2.58. The highest BCUT2D eigenvalue weighted by Gasteiger charge is 1.96. The van der Waals surface area contributed by atoms with Gasteiger partial charge < -0.3 is 14.8 Å². The Morgan fingerprint density at radius 2 is 1.88 bits per heavy atom. The highest BCUT2D eigenvalue weighted by molar-refractivity contribution is 5.31. The molecule has 0 heterocycles. The van der Waals surface area contributed by atoms with E-state index in [9.17, 15) is 0 Å². The van der Waals surface area contributed by atoms with Crippen LogP contribution < -0.4 is 10.1 Å². The molecule has 96 valence electrons. The molecule has 0 amide bonds. The molecule has 0 fully saturated rings. The number of benzene rings is 1. The molecule has 17 heavy (non-hydrogen) atoms. The number of hydrogen-bond donors (Lipinski definition) is 1. The van der Waals surface area contributed by atoms with Crippen molar-refractivity contribution in [2.24, 2.45) is 0 Å². The van der Waals surface area contributed by atoms with Crippen LogP contribution in [0.1, 0.15) is 18.4 Å². The molecule has 0 aliphatic heterocycles. The van der Waals surface area contributed by atoms with Crippen molar-refractivity contribution < 1.29 is 9.47 Å². The first-order chi connectivity index (χ1) is 8.34. The van der Waals surface area contributed by atoms with Crippen LogP contribution in [-0.2, 0) is 4.74 Å². The normalized spacial score (nSPS) is 10.5. The number of hydrogen-bond acceptors (Lipinski definition) is 3. The topological polar surface area (TPSA) is 30.5 Å². The van der Waals surface area contributed by atoms with E-state index in [1.807, 2.05) is 18.2 Å². The average molecular weight is 237 g/mol. The summed E-state index contributed by atoms with van der Waals surface area (Å²) in [6.45, 7) is 5.59. The largest absolute Gasteiger partial charge is 0.493 e. The number of para-hydroxylation sites is 1. The first kappa shape index (κ1) is 14.0. The minimum absolute atomic E-state index is 0.777. The molecule has 0 bridgehead atoms. The summed E-state index contributed by atoms with van der Waals surface area (Å²) in [5, 5.41) is 3.32. The Kier molecular flexibility index (Phi) is 7.43. The Morgan fingerprint density at radius 3 is 2.65 bits per heavy atom. The van der Waals surface area contributed by atoms with Gasteiger partial charge in [-0.2, -0.15) is 0 Å². The smallest absolute Gasteiger partial charge is 0.122 e. The molecule has 0 saturated carbocycles. The molecular formula is C14H23NO2. The second kappa shape index (κ2) is 9.02. The van der Waals surface area contributed by atoms with Gasteiger partial charge in [-0.15, -0.1) is 0 Å². The molecule has 0 aromatic heterocycles. The summed E-state index contributed by atoms with van der Waals surface area (Å²) in [5.41, 5.74) is 1.20. The van der Waals surface area contributed by atoms with Crippen LogP contribution in [0.3, 0.4) is 0 Å². The van der Waals surface area contributed by atoms with Crippen molar-refractivity contribution >= 4 is 0 Å². The molecule has 3 heteroatoms. The van der Waals surface area contributed by atoms with Crippen molar-refractivity contribution in [2.45, 2.75) is 19.8 Å². The standard InChI is InChI=1S/C14H23NO2/c1-13-7-3-4-8-14(13)17-11-6-5-9-15-10-12-16-2/h3-4,7-8,15H,5-6,9-12H2,1-2H3. The zero-order valence-corrected chi connectivity index (χ0v) is 10.9. The van der Waals surface area contributed by atoms with Crippen LogP contribution in [0.5, 0.6) is 5.75 Å². The van der Waals surface area contributed by atoms with Gasteiger partial charge in [-0.05, 0) is 37.9 Å². The lowest BCUT2D eigenvalue weighted by Gasteiger charge is -2.08. The van der Waals surface area contributed by atoms with Crippen LogP contribution in [0.15, 0.2) is 24.3 Å². The predicted octanol–water partition coefficient (Wildman–Crippen LogP) is 2.39. The zero-order valence-electron chi connectivity index (χ0n) is 10.9. The molecule has 1 aromatic carbocycles. The van der Waals surface area contributed by atoms with Crippen LogP contribution in [0.2, 0.25) is 0 Å². The van der Waals surface area contributed by atoms with E-state index in [-0.39, 0.29) is 0 Å². The minimum atomic E-state index is 0.777. The Hall–Kier alpha value is -1.06. The lowest BCUT2D eigenvalue weighted by atomic mass is 10.2. The van der Waals surface area contributed by atoms with E-state index >= 15 is 0 Å². The molecule has 0 spiro atoms. The van der Waals surface area contributed by atoms with Gasteiger partial charge in [0.15, 0.2) is 0 Å². The average Bonchev–Trinajstić information content (AvgIpc) is 2.35. The summed E-state index contributed by atoms with van der Waals surface area (Å²) in [5.74, 6) is 1.000. The van der Waals surface area contributed by atoms with Gasteiger partial charge in [-0.3, -0.25) is 0 Å². The van der Waals surface area contributed by atoms with Crippen LogP contribution >= 0.6 is 0 Å². The van der Waals surface area contributed by atoms with Gasteiger partial charge in [0.1, 0.15) is 5.75 Å². The van der Waals surface area contributed by atoms with Crippen LogP contribution in [-0.4, -0.2) is 33.4 Å². The number of unbranched alkanes of at least 4 members (excludes halogenated alkanes) is 1. The van der Waals surface area contributed by atoms with Crippen molar-refractivity contribution in [3.05, 3.63) is 29.8 Å². The molecule has 0 aliphatic rings. The summed E-state index contributed by atoms with van der Waals surface area (Å²) in [6, 6.07) is 8.13. The van der Waals surface area contributed by atoms with E-state index in [1.54, 1.807) is 7.11 Å². The van der Waals surface area contributed by atoms with Crippen LogP contribution in [0.4, 0.5) is 0 Å². The molecule has 1 N–H and O–H groups in total. The monoisotopic (exact) mass is 237 g/mol.